The molecule has 0 bridgehead atoms. The van der Waals surface area contributed by atoms with E-state index < -0.39 is 0 Å². The van der Waals surface area contributed by atoms with E-state index in [2.05, 4.69) is 20.4 Å². The molecular weight excluding hydrogens is 288 g/mol. The molecule has 1 saturated heterocycles. The average Bonchev–Trinajstić information content (AvgIpc) is 2.93. The zero-order valence-electron chi connectivity index (χ0n) is 12.0. The van der Waals surface area contributed by atoms with Crippen LogP contribution in [0.5, 0.6) is 0 Å². The maximum absolute atomic E-state index is 11.0. The molecule has 2 aromatic rings. The summed E-state index contributed by atoms with van der Waals surface area (Å²) >= 11 is 6.19. The lowest BCUT2D eigenvalue weighted by atomic mass is 9.96. The Morgan fingerprint density at radius 1 is 1.48 bits per heavy atom. The number of benzene rings is 1. The first-order chi connectivity index (χ1) is 10.1. The van der Waals surface area contributed by atoms with Crippen LogP contribution in [0.4, 0.5) is 5.69 Å². The Kier molecular flexibility index (Phi) is 4.01. The second-order valence-corrected chi connectivity index (χ2v) is 6.06. The monoisotopic (exact) mass is 306 g/mol. The number of carbonyl (C=O) groups is 1. The molecule has 0 spiro atoms. The third-order valence-corrected chi connectivity index (χ3v) is 4.31. The summed E-state index contributed by atoms with van der Waals surface area (Å²) in [7, 11) is 0. The van der Waals surface area contributed by atoms with Gasteiger partial charge in [-0.1, -0.05) is 11.6 Å². The van der Waals surface area contributed by atoms with E-state index in [4.69, 9.17) is 11.6 Å². The predicted octanol–water partition coefficient (Wildman–Crippen LogP) is 2.57. The largest absolute Gasteiger partial charge is 0.371 e. The summed E-state index contributed by atoms with van der Waals surface area (Å²) in [4.78, 5) is 13.3. The fourth-order valence-electron chi connectivity index (χ4n) is 2.93. The van der Waals surface area contributed by atoms with Crippen molar-refractivity contribution in [2.45, 2.75) is 19.8 Å². The number of fused-ring (bicyclic) bond motifs is 1. The van der Waals surface area contributed by atoms with Crippen molar-refractivity contribution < 1.29 is 4.79 Å². The number of hydrogen-bond donors (Lipinski definition) is 2. The first-order valence-corrected chi connectivity index (χ1v) is 7.63. The van der Waals surface area contributed by atoms with E-state index in [0.717, 1.165) is 54.1 Å². The molecule has 0 atom stereocenters. The molecule has 6 heteroatoms. The molecule has 1 aromatic carbocycles. The van der Waals surface area contributed by atoms with Gasteiger partial charge in [-0.2, -0.15) is 5.10 Å². The van der Waals surface area contributed by atoms with Crippen LogP contribution >= 0.6 is 11.6 Å². The number of amides is 1. The van der Waals surface area contributed by atoms with Crippen LogP contribution in [0.3, 0.4) is 0 Å². The Hall–Kier alpha value is -1.75. The number of H-pyrrole nitrogens is 1. The van der Waals surface area contributed by atoms with E-state index in [1.807, 2.05) is 18.3 Å². The summed E-state index contributed by atoms with van der Waals surface area (Å²) in [6.45, 7) is 4.30. The van der Waals surface area contributed by atoms with Crippen LogP contribution in [0, 0.1) is 5.92 Å². The average molecular weight is 307 g/mol. The number of hydrogen-bond acceptors (Lipinski definition) is 3. The van der Waals surface area contributed by atoms with Crippen molar-refractivity contribution in [1.29, 1.82) is 0 Å². The second kappa shape index (κ2) is 5.93. The van der Waals surface area contributed by atoms with E-state index in [1.165, 1.54) is 0 Å². The van der Waals surface area contributed by atoms with Crippen molar-refractivity contribution in [2.75, 3.05) is 24.5 Å². The Balaban J connectivity index is 1.71. The molecule has 21 heavy (non-hydrogen) atoms. The Labute approximate surface area is 128 Å². The first kappa shape index (κ1) is 14.2. The fourth-order valence-corrected chi connectivity index (χ4v) is 3.14. The second-order valence-electron chi connectivity index (χ2n) is 5.62. The Morgan fingerprint density at radius 3 is 2.95 bits per heavy atom. The van der Waals surface area contributed by atoms with Gasteiger partial charge in [0, 0.05) is 42.7 Å². The van der Waals surface area contributed by atoms with Gasteiger partial charge in [-0.05, 0) is 30.9 Å². The highest BCUT2D eigenvalue weighted by atomic mass is 35.5. The maximum atomic E-state index is 11.0. The summed E-state index contributed by atoms with van der Waals surface area (Å²) < 4.78 is 0. The summed E-state index contributed by atoms with van der Waals surface area (Å²) in [6.07, 6.45) is 4.00. The molecule has 5 nitrogen and oxygen atoms in total. The van der Waals surface area contributed by atoms with Crippen LogP contribution in [0.15, 0.2) is 18.3 Å². The van der Waals surface area contributed by atoms with Gasteiger partial charge < -0.3 is 10.2 Å². The van der Waals surface area contributed by atoms with Crippen molar-refractivity contribution in [3.8, 4) is 0 Å². The number of nitrogens with zero attached hydrogens (tertiary/aromatic N) is 2. The number of aromatic amines is 1. The van der Waals surface area contributed by atoms with Crippen molar-refractivity contribution in [2.24, 2.45) is 5.92 Å². The molecule has 0 saturated carbocycles. The third kappa shape index (κ3) is 3.13. The number of rotatable bonds is 3. The van der Waals surface area contributed by atoms with Crippen molar-refractivity contribution in [3.05, 3.63) is 23.4 Å². The van der Waals surface area contributed by atoms with Crippen molar-refractivity contribution in [3.63, 3.8) is 0 Å². The van der Waals surface area contributed by atoms with E-state index in [0.29, 0.717) is 5.92 Å². The van der Waals surface area contributed by atoms with Gasteiger partial charge in [0.25, 0.3) is 0 Å². The van der Waals surface area contributed by atoms with Gasteiger partial charge in [0.1, 0.15) is 0 Å². The van der Waals surface area contributed by atoms with E-state index >= 15 is 0 Å². The van der Waals surface area contributed by atoms with Gasteiger partial charge in [-0.25, -0.2) is 0 Å². The zero-order chi connectivity index (χ0) is 14.8. The molecule has 1 aliphatic rings. The summed E-state index contributed by atoms with van der Waals surface area (Å²) in [5.74, 6) is 0.608. The molecule has 0 aliphatic carbocycles. The lowest BCUT2D eigenvalue weighted by molar-refractivity contribution is -0.119. The van der Waals surface area contributed by atoms with E-state index in [-0.39, 0.29) is 5.91 Å². The highest BCUT2D eigenvalue weighted by Gasteiger charge is 2.21. The SMILES string of the molecule is CC(=O)NCC1CCN(c2cc(Cl)cc3[nH]ncc23)CC1. The summed E-state index contributed by atoms with van der Waals surface area (Å²) in [5.41, 5.74) is 2.11. The lowest BCUT2D eigenvalue weighted by Crippen LogP contribution is -2.38. The number of carbonyl (C=O) groups excluding carboxylic acids is 1. The summed E-state index contributed by atoms with van der Waals surface area (Å²) in [6, 6.07) is 3.91. The first-order valence-electron chi connectivity index (χ1n) is 7.25. The topological polar surface area (TPSA) is 61.0 Å². The predicted molar refractivity (Wildman–Crippen MR) is 84.7 cm³/mol. The molecule has 1 amide bonds. The number of piperidine rings is 1. The smallest absolute Gasteiger partial charge is 0.216 e. The third-order valence-electron chi connectivity index (χ3n) is 4.10. The minimum Gasteiger partial charge on any atom is -0.371 e. The molecule has 0 radical (unpaired) electrons. The van der Waals surface area contributed by atoms with Crippen LogP contribution in [-0.2, 0) is 4.79 Å². The normalized spacial score (nSPS) is 16.4. The molecule has 2 heterocycles. The van der Waals surface area contributed by atoms with Gasteiger partial charge in [0.15, 0.2) is 0 Å². The van der Waals surface area contributed by atoms with E-state index in [1.54, 1.807) is 6.92 Å². The molecular formula is C15H19ClN4O. The van der Waals surface area contributed by atoms with Crippen molar-refractivity contribution in [1.82, 2.24) is 15.5 Å². The molecule has 2 N–H and O–H groups in total. The van der Waals surface area contributed by atoms with Crippen molar-refractivity contribution >= 4 is 34.1 Å². The molecule has 112 valence electrons. The maximum Gasteiger partial charge on any atom is 0.216 e. The van der Waals surface area contributed by atoms with Gasteiger partial charge in [0.2, 0.25) is 5.91 Å². The van der Waals surface area contributed by atoms with Gasteiger partial charge in [-0.3, -0.25) is 9.89 Å². The molecule has 0 unspecified atom stereocenters. The molecule has 1 aromatic heterocycles. The number of nitrogens with one attached hydrogen (secondary N) is 2. The Bertz CT molecular complexity index is 646. The van der Waals surface area contributed by atoms with E-state index in [9.17, 15) is 4.79 Å². The van der Waals surface area contributed by atoms with Crippen LogP contribution in [0.2, 0.25) is 5.02 Å². The fraction of sp³-hybridized carbons (Fsp3) is 0.467. The lowest BCUT2D eigenvalue weighted by Gasteiger charge is -2.34. The molecule has 1 fully saturated rings. The zero-order valence-corrected chi connectivity index (χ0v) is 12.8. The highest BCUT2D eigenvalue weighted by molar-refractivity contribution is 6.31. The minimum atomic E-state index is 0.0485. The van der Waals surface area contributed by atoms with Crippen LogP contribution in [0.25, 0.3) is 10.9 Å². The van der Waals surface area contributed by atoms with Gasteiger partial charge in [-0.15, -0.1) is 0 Å². The Morgan fingerprint density at radius 2 is 2.24 bits per heavy atom. The number of halogens is 1. The highest BCUT2D eigenvalue weighted by Crippen LogP contribution is 2.32. The van der Waals surface area contributed by atoms with Gasteiger partial charge in [0.05, 0.1) is 11.7 Å². The van der Waals surface area contributed by atoms with Crippen LogP contribution < -0.4 is 10.2 Å². The summed E-state index contributed by atoms with van der Waals surface area (Å²) in [5, 5.41) is 11.8. The quantitative estimate of drug-likeness (QED) is 0.916. The number of anilines is 1. The number of aromatic nitrogens is 2. The van der Waals surface area contributed by atoms with Gasteiger partial charge >= 0.3 is 0 Å². The minimum absolute atomic E-state index is 0.0485. The van der Waals surface area contributed by atoms with Crippen LogP contribution in [-0.4, -0.2) is 35.7 Å². The molecule has 1 aliphatic heterocycles. The standard InChI is InChI=1S/C15H19ClN4O/c1-10(21)17-8-11-2-4-20(5-3-11)15-7-12(16)6-14-13(15)9-18-19-14/h6-7,9,11H,2-5,8H2,1H3,(H,17,21)(H,18,19). The van der Waals surface area contributed by atoms with Crippen LogP contribution in [0.1, 0.15) is 19.8 Å². The molecule has 3 rings (SSSR count).